The highest BCUT2D eigenvalue weighted by molar-refractivity contribution is 5.16. The first kappa shape index (κ1) is 11.5. The maximum Gasteiger partial charge on any atom is 0.0572 e. The smallest absolute Gasteiger partial charge is 0.0572 e. The molecule has 3 heteroatoms. The zero-order valence-corrected chi connectivity index (χ0v) is 10.5. The minimum absolute atomic E-state index is 0.477. The van der Waals surface area contributed by atoms with Gasteiger partial charge < -0.3 is 10.2 Å². The Labute approximate surface area is 97.8 Å². The molecule has 1 N–H and O–H groups in total. The number of ether oxygens (including phenoxy) is 1. The van der Waals surface area contributed by atoms with E-state index in [-0.39, 0.29) is 0 Å². The first-order valence-corrected chi connectivity index (χ1v) is 6.15. The summed E-state index contributed by atoms with van der Waals surface area (Å²) in [4.78, 5) is 0. The van der Waals surface area contributed by atoms with E-state index in [1.807, 2.05) is 7.11 Å². The molecule has 1 fully saturated rings. The second-order valence-electron chi connectivity index (χ2n) is 4.79. The van der Waals surface area contributed by atoms with Crippen molar-refractivity contribution < 1.29 is 4.74 Å². The van der Waals surface area contributed by atoms with Crippen molar-refractivity contribution in [3.63, 3.8) is 0 Å². The van der Waals surface area contributed by atoms with Crippen molar-refractivity contribution in [2.45, 2.75) is 51.7 Å². The number of aromatic nitrogens is 1. The second kappa shape index (κ2) is 4.91. The van der Waals surface area contributed by atoms with Gasteiger partial charge in [-0.3, -0.25) is 4.68 Å². The summed E-state index contributed by atoms with van der Waals surface area (Å²) in [6.45, 7) is 4.28. The number of hydrogen-bond acceptors (Lipinski definition) is 2. The van der Waals surface area contributed by atoms with Crippen molar-refractivity contribution in [2.75, 3.05) is 12.5 Å². The third-order valence-corrected chi connectivity index (χ3v) is 3.59. The molecule has 0 saturated heterocycles. The number of nitrogens with zero attached hydrogens (tertiary/aromatic N) is 1. The standard InChI is InChI=1S/C13H22N2O/c1-10-4-5-11(2)15(10)14-12-6-8-13(16-3)9-7-12/h4-5,12-14H,6-9H2,1-3H3. The maximum absolute atomic E-state index is 5.39. The molecule has 0 unspecified atom stereocenters. The van der Waals surface area contributed by atoms with Gasteiger partial charge in [0.2, 0.25) is 0 Å². The van der Waals surface area contributed by atoms with Crippen LogP contribution < -0.4 is 5.43 Å². The molecule has 90 valence electrons. The van der Waals surface area contributed by atoms with E-state index in [1.165, 1.54) is 37.1 Å². The van der Waals surface area contributed by atoms with Gasteiger partial charge in [0.05, 0.1) is 6.10 Å². The fraction of sp³-hybridized carbons (Fsp3) is 0.692. The van der Waals surface area contributed by atoms with Gasteiger partial charge in [0.15, 0.2) is 0 Å². The molecule has 1 heterocycles. The molecule has 0 radical (unpaired) electrons. The van der Waals surface area contributed by atoms with Crippen molar-refractivity contribution in [1.29, 1.82) is 0 Å². The van der Waals surface area contributed by atoms with Crippen LogP contribution in [0.3, 0.4) is 0 Å². The number of rotatable bonds is 3. The largest absolute Gasteiger partial charge is 0.381 e. The van der Waals surface area contributed by atoms with E-state index in [4.69, 9.17) is 4.74 Å². The van der Waals surface area contributed by atoms with Crippen LogP contribution in [-0.4, -0.2) is 23.9 Å². The van der Waals surface area contributed by atoms with Crippen LogP contribution in [0.4, 0.5) is 0 Å². The van der Waals surface area contributed by atoms with E-state index in [0.29, 0.717) is 12.1 Å². The molecule has 1 aliphatic rings. The average Bonchev–Trinajstić information content (AvgIpc) is 2.62. The summed E-state index contributed by atoms with van der Waals surface area (Å²) in [5.41, 5.74) is 6.17. The monoisotopic (exact) mass is 222 g/mol. The Bertz CT molecular complexity index is 318. The van der Waals surface area contributed by atoms with Gasteiger partial charge in [-0.15, -0.1) is 0 Å². The molecule has 1 aromatic heterocycles. The quantitative estimate of drug-likeness (QED) is 0.850. The number of nitrogens with one attached hydrogen (secondary N) is 1. The maximum atomic E-state index is 5.39. The summed E-state index contributed by atoms with van der Waals surface area (Å²) in [6.07, 6.45) is 5.23. The molecule has 0 aliphatic heterocycles. The molecule has 2 rings (SSSR count). The topological polar surface area (TPSA) is 26.2 Å². The Morgan fingerprint density at radius 1 is 1.12 bits per heavy atom. The summed E-state index contributed by atoms with van der Waals surface area (Å²) in [5.74, 6) is 0. The van der Waals surface area contributed by atoms with Gasteiger partial charge in [-0.25, -0.2) is 0 Å². The summed E-state index contributed by atoms with van der Waals surface area (Å²) in [5, 5.41) is 0. The van der Waals surface area contributed by atoms with Gasteiger partial charge in [-0.05, 0) is 51.7 Å². The predicted octanol–water partition coefficient (Wildman–Crippen LogP) is 2.61. The summed E-state index contributed by atoms with van der Waals surface area (Å²) in [6, 6.07) is 4.91. The first-order valence-electron chi connectivity index (χ1n) is 6.15. The van der Waals surface area contributed by atoms with Gasteiger partial charge in [-0.2, -0.15) is 0 Å². The molecular formula is C13H22N2O. The van der Waals surface area contributed by atoms with Gasteiger partial charge >= 0.3 is 0 Å². The van der Waals surface area contributed by atoms with E-state index in [0.717, 1.165) is 0 Å². The first-order chi connectivity index (χ1) is 7.70. The predicted molar refractivity (Wildman–Crippen MR) is 66.3 cm³/mol. The zero-order valence-electron chi connectivity index (χ0n) is 10.5. The highest BCUT2D eigenvalue weighted by atomic mass is 16.5. The van der Waals surface area contributed by atoms with Gasteiger partial charge in [0.1, 0.15) is 0 Å². The van der Waals surface area contributed by atoms with Gasteiger partial charge in [0, 0.05) is 24.5 Å². The van der Waals surface area contributed by atoms with Gasteiger partial charge in [-0.1, -0.05) is 0 Å². The van der Waals surface area contributed by atoms with E-state index >= 15 is 0 Å². The van der Waals surface area contributed by atoms with Crippen molar-refractivity contribution in [2.24, 2.45) is 0 Å². The Balaban J connectivity index is 1.92. The van der Waals surface area contributed by atoms with Crippen LogP contribution in [-0.2, 0) is 4.74 Å². The molecular weight excluding hydrogens is 200 g/mol. The molecule has 0 atom stereocenters. The van der Waals surface area contributed by atoms with E-state index in [1.54, 1.807) is 0 Å². The zero-order chi connectivity index (χ0) is 11.5. The average molecular weight is 222 g/mol. The fourth-order valence-electron chi connectivity index (χ4n) is 2.48. The molecule has 0 amide bonds. The molecule has 3 nitrogen and oxygen atoms in total. The molecule has 0 spiro atoms. The molecule has 16 heavy (non-hydrogen) atoms. The third-order valence-electron chi connectivity index (χ3n) is 3.59. The lowest BCUT2D eigenvalue weighted by molar-refractivity contribution is 0.0671. The van der Waals surface area contributed by atoms with Crippen molar-refractivity contribution >= 4 is 0 Å². The Morgan fingerprint density at radius 3 is 2.19 bits per heavy atom. The minimum atomic E-state index is 0.477. The highest BCUT2D eigenvalue weighted by Crippen LogP contribution is 2.21. The molecule has 0 bridgehead atoms. The van der Waals surface area contributed by atoms with Gasteiger partial charge in [0.25, 0.3) is 0 Å². The lowest BCUT2D eigenvalue weighted by Gasteiger charge is -2.30. The van der Waals surface area contributed by atoms with Crippen LogP contribution in [0.25, 0.3) is 0 Å². The van der Waals surface area contributed by atoms with Crippen LogP contribution in [0, 0.1) is 13.8 Å². The van der Waals surface area contributed by atoms with Crippen molar-refractivity contribution in [1.82, 2.24) is 4.68 Å². The van der Waals surface area contributed by atoms with Crippen LogP contribution in [0.5, 0.6) is 0 Å². The third kappa shape index (κ3) is 2.40. The minimum Gasteiger partial charge on any atom is -0.381 e. The van der Waals surface area contributed by atoms with Crippen LogP contribution >= 0.6 is 0 Å². The van der Waals surface area contributed by atoms with Crippen molar-refractivity contribution in [3.8, 4) is 0 Å². The lowest BCUT2D eigenvalue weighted by Crippen LogP contribution is -2.34. The molecule has 1 aliphatic carbocycles. The molecule has 0 aromatic carbocycles. The second-order valence-corrected chi connectivity index (χ2v) is 4.79. The Kier molecular flexibility index (Phi) is 3.54. The van der Waals surface area contributed by atoms with E-state index in [2.05, 4.69) is 36.1 Å². The normalized spacial score (nSPS) is 25.7. The van der Waals surface area contributed by atoms with E-state index in [9.17, 15) is 0 Å². The number of hydrogen-bond donors (Lipinski definition) is 1. The summed E-state index contributed by atoms with van der Waals surface area (Å²) in [7, 11) is 1.82. The van der Waals surface area contributed by atoms with Crippen LogP contribution in [0.1, 0.15) is 37.1 Å². The molecule has 1 aromatic rings. The lowest BCUT2D eigenvalue weighted by atomic mass is 9.93. The molecule has 1 saturated carbocycles. The van der Waals surface area contributed by atoms with Crippen LogP contribution in [0.2, 0.25) is 0 Å². The van der Waals surface area contributed by atoms with Crippen LogP contribution in [0.15, 0.2) is 12.1 Å². The van der Waals surface area contributed by atoms with Crippen molar-refractivity contribution in [3.05, 3.63) is 23.5 Å². The Morgan fingerprint density at radius 2 is 1.69 bits per heavy atom. The summed E-state index contributed by atoms with van der Waals surface area (Å²) < 4.78 is 7.59. The van der Waals surface area contributed by atoms with E-state index < -0.39 is 0 Å². The fourth-order valence-corrected chi connectivity index (χ4v) is 2.48. The number of methoxy groups -OCH3 is 1. The number of aryl methyl sites for hydroxylation is 2. The highest BCUT2D eigenvalue weighted by Gasteiger charge is 2.21. The summed E-state index contributed by atoms with van der Waals surface area (Å²) >= 11 is 0. The SMILES string of the molecule is COC1CCC(Nn2c(C)ccc2C)CC1. The Hall–Kier alpha value is -0.960.